The lowest BCUT2D eigenvalue weighted by Gasteiger charge is -2.36. The van der Waals surface area contributed by atoms with Crippen LogP contribution in [0.25, 0.3) is 0 Å². The summed E-state index contributed by atoms with van der Waals surface area (Å²) in [5.41, 5.74) is 4.06. The second-order valence-corrected chi connectivity index (χ2v) is 6.20. The van der Waals surface area contributed by atoms with Crippen molar-refractivity contribution in [3.05, 3.63) is 107 Å². The number of rotatable bonds is 2. The molecule has 3 heteroatoms. The maximum absolute atomic E-state index is 6.53. The predicted octanol–water partition coefficient (Wildman–Crippen LogP) is 4.28. The zero-order valence-electron chi connectivity index (χ0n) is 13.0. The standard InChI is InChI=1S/C21H16O3/c1-3-10-17(11-4-1)20-15-16-9-7-8-14-19(16)21(22-20,24-23-20)18-12-5-2-6-13-18/h1-14H,15H2. The van der Waals surface area contributed by atoms with E-state index < -0.39 is 11.6 Å². The van der Waals surface area contributed by atoms with Gasteiger partial charge >= 0.3 is 0 Å². The molecule has 1 saturated heterocycles. The normalized spacial score (nSPS) is 27.7. The highest BCUT2D eigenvalue weighted by Crippen LogP contribution is 2.55. The van der Waals surface area contributed by atoms with E-state index in [1.165, 1.54) is 5.56 Å². The van der Waals surface area contributed by atoms with E-state index in [1.807, 2.05) is 78.9 Å². The van der Waals surface area contributed by atoms with Gasteiger partial charge in [0.1, 0.15) is 0 Å². The molecule has 118 valence electrons. The van der Waals surface area contributed by atoms with Crippen LogP contribution in [0.15, 0.2) is 84.9 Å². The zero-order chi connectivity index (χ0) is 16.0. The largest absolute Gasteiger partial charge is 0.300 e. The number of hydrogen-bond donors (Lipinski definition) is 0. The first kappa shape index (κ1) is 13.9. The van der Waals surface area contributed by atoms with E-state index >= 15 is 0 Å². The van der Waals surface area contributed by atoms with Gasteiger partial charge in [-0.2, -0.15) is 9.78 Å². The Bertz CT molecular complexity index is 878. The average Bonchev–Trinajstić information content (AvgIpc) is 3.00. The lowest BCUT2D eigenvalue weighted by molar-refractivity contribution is -0.346. The van der Waals surface area contributed by atoms with Crippen molar-refractivity contribution in [3.8, 4) is 0 Å². The number of benzene rings is 3. The smallest absolute Gasteiger partial charge is 0.257 e. The fourth-order valence-electron chi connectivity index (χ4n) is 3.63. The molecule has 0 amide bonds. The summed E-state index contributed by atoms with van der Waals surface area (Å²) < 4.78 is 6.53. The lowest BCUT2D eigenvalue weighted by atomic mass is 9.85. The van der Waals surface area contributed by atoms with Gasteiger partial charge in [0.05, 0.1) is 0 Å². The van der Waals surface area contributed by atoms with Crippen LogP contribution in [0.4, 0.5) is 0 Å². The number of ether oxygens (including phenoxy) is 1. The highest BCUT2D eigenvalue weighted by atomic mass is 17.3. The van der Waals surface area contributed by atoms with E-state index in [9.17, 15) is 0 Å². The van der Waals surface area contributed by atoms with Crippen molar-refractivity contribution in [3.63, 3.8) is 0 Å². The molecule has 3 aromatic rings. The molecule has 24 heavy (non-hydrogen) atoms. The van der Waals surface area contributed by atoms with Crippen LogP contribution in [0.1, 0.15) is 22.3 Å². The summed E-state index contributed by atoms with van der Waals surface area (Å²) in [6.07, 6.45) is 0.613. The van der Waals surface area contributed by atoms with Gasteiger partial charge in [0.2, 0.25) is 5.79 Å². The summed E-state index contributed by atoms with van der Waals surface area (Å²) in [5.74, 6) is -1.96. The predicted molar refractivity (Wildman–Crippen MR) is 88.7 cm³/mol. The number of fused-ring (bicyclic) bond motifs is 4. The molecule has 3 nitrogen and oxygen atoms in total. The van der Waals surface area contributed by atoms with Crippen molar-refractivity contribution in [2.24, 2.45) is 0 Å². The van der Waals surface area contributed by atoms with E-state index in [1.54, 1.807) is 0 Å². The maximum atomic E-state index is 6.53. The van der Waals surface area contributed by atoms with Crippen LogP contribution in [0.5, 0.6) is 0 Å². The summed E-state index contributed by atoms with van der Waals surface area (Å²) in [7, 11) is 0. The highest BCUT2D eigenvalue weighted by Gasteiger charge is 2.60. The Labute approximate surface area is 140 Å². The Hall–Kier alpha value is -2.46. The Morgan fingerprint density at radius 3 is 2.00 bits per heavy atom. The molecule has 3 aromatic carbocycles. The van der Waals surface area contributed by atoms with Crippen molar-refractivity contribution in [1.82, 2.24) is 0 Å². The third-order valence-corrected chi connectivity index (χ3v) is 4.76. The molecular weight excluding hydrogens is 300 g/mol. The third-order valence-electron chi connectivity index (χ3n) is 4.76. The molecule has 0 aliphatic carbocycles. The van der Waals surface area contributed by atoms with E-state index in [0.29, 0.717) is 6.42 Å². The SMILES string of the molecule is c1ccc(C23Cc4ccccc4C(c4ccccc4)(OO2)O3)cc1. The van der Waals surface area contributed by atoms with Gasteiger partial charge in [0, 0.05) is 23.1 Å². The van der Waals surface area contributed by atoms with Crippen molar-refractivity contribution >= 4 is 0 Å². The first-order chi connectivity index (χ1) is 11.8. The van der Waals surface area contributed by atoms with Crippen LogP contribution in [0.2, 0.25) is 0 Å². The van der Waals surface area contributed by atoms with Crippen LogP contribution in [-0.2, 0) is 32.5 Å². The van der Waals surface area contributed by atoms with Gasteiger partial charge in [-0.15, -0.1) is 0 Å². The summed E-state index contributed by atoms with van der Waals surface area (Å²) in [5, 5.41) is 0. The molecule has 2 aliphatic rings. The molecule has 2 unspecified atom stereocenters. The quantitative estimate of drug-likeness (QED) is 0.661. The van der Waals surface area contributed by atoms with Gasteiger partial charge in [-0.25, -0.2) is 0 Å². The summed E-state index contributed by atoms with van der Waals surface area (Å²) in [4.78, 5) is 11.8. The first-order valence-electron chi connectivity index (χ1n) is 8.09. The summed E-state index contributed by atoms with van der Waals surface area (Å²) >= 11 is 0. The van der Waals surface area contributed by atoms with Crippen molar-refractivity contribution in [1.29, 1.82) is 0 Å². The summed E-state index contributed by atoms with van der Waals surface area (Å²) in [6, 6.07) is 28.1. The molecule has 2 bridgehead atoms. The average molecular weight is 316 g/mol. The maximum Gasteiger partial charge on any atom is 0.257 e. The lowest BCUT2D eigenvalue weighted by Crippen LogP contribution is -2.41. The molecule has 2 aliphatic heterocycles. The van der Waals surface area contributed by atoms with Gasteiger partial charge in [0.25, 0.3) is 5.79 Å². The van der Waals surface area contributed by atoms with Crippen LogP contribution in [0.3, 0.4) is 0 Å². The van der Waals surface area contributed by atoms with Gasteiger partial charge in [-0.3, -0.25) is 4.74 Å². The van der Waals surface area contributed by atoms with Gasteiger partial charge in [-0.05, 0) is 5.56 Å². The molecule has 5 rings (SSSR count). The molecule has 0 N–H and O–H groups in total. The Morgan fingerprint density at radius 2 is 1.25 bits per heavy atom. The van der Waals surface area contributed by atoms with Crippen LogP contribution in [-0.4, -0.2) is 0 Å². The fraction of sp³-hybridized carbons (Fsp3) is 0.143. The van der Waals surface area contributed by atoms with Crippen LogP contribution in [0, 0.1) is 0 Å². The Morgan fingerprint density at radius 1 is 0.625 bits per heavy atom. The topological polar surface area (TPSA) is 27.7 Å². The summed E-state index contributed by atoms with van der Waals surface area (Å²) in [6.45, 7) is 0. The fourth-order valence-corrected chi connectivity index (χ4v) is 3.63. The van der Waals surface area contributed by atoms with Gasteiger partial charge in [-0.1, -0.05) is 84.9 Å². The van der Waals surface area contributed by atoms with Gasteiger partial charge in [0.15, 0.2) is 0 Å². The third kappa shape index (κ3) is 1.83. The van der Waals surface area contributed by atoms with E-state index in [4.69, 9.17) is 14.5 Å². The molecule has 0 aromatic heterocycles. The Balaban J connectivity index is 1.74. The van der Waals surface area contributed by atoms with Gasteiger partial charge < -0.3 is 0 Å². The second-order valence-electron chi connectivity index (χ2n) is 6.20. The minimum Gasteiger partial charge on any atom is -0.300 e. The molecule has 1 fully saturated rings. The minimum atomic E-state index is -1.04. The molecule has 0 radical (unpaired) electrons. The number of hydrogen-bond acceptors (Lipinski definition) is 3. The van der Waals surface area contributed by atoms with Crippen LogP contribution >= 0.6 is 0 Å². The second kappa shape index (κ2) is 5.02. The van der Waals surface area contributed by atoms with E-state index in [-0.39, 0.29) is 0 Å². The molecule has 2 atom stereocenters. The van der Waals surface area contributed by atoms with Crippen molar-refractivity contribution < 1.29 is 14.5 Å². The van der Waals surface area contributed by atoms with Crippen molar-refractivity contribution in [2.75, 3.05) is 0 Å². The highest BCUT2D eigenvalue weighted by molar-refractivity contribution is 5.44. The molecule has 2 heterocycles. The van der Waals surface area contributed by atoms with E-state index in [0.717, 1.165) is 16.7 Å². The first-order valence-corrected chi connectivity index (χ1v) is 8.09. The minimum absolute atomic E-state index is 0.613. The monoisotopic (exact) mass is 316 g/mol. The zero-order valence-corrected chi connectivity index (χ0v) is 13.0. The van der Waals surface area contributed by atoms with Crippen LogP contribution < -0.4 is 0 Å². The van der Waals surface area contributed by atoms with E-state index in [2.05, 4.69) is 6.07 Å². The van der Waals surface area contributed by atoms with Crippen molar-refractivity contribution in [2.45, 2.75) is 18.0 Å². The molecule has 0 spiro atoms. The Kier molecular flexibility index (Phi) is 2.91. The molecular formula is C21H16O3. The molecule has 0 saturated carbocycles.